The normalized spacial score (nSPS) is 11.1. The number of pyridine rings is 1. The molecule has 0 atom stereocenters. The van der Waals surface area contributed by atoms with E-state index in [1.807, 2.05) is 12.1 Å². The molecule has 13 heavy (non-hydrogen) atoms. The molecule has 0 aliphatic heterocycles. The Hall–Kier alpha value is -1.97. The fourth-order valence-corrected chi connectivity index (χ4v) is 1.47. The van der Waals surface area contributed by atoms with E-state index in [-0.39, 0.29) is 0 Å². The zero-order chi connectivity index (χ0) is 8.67. The summed E-state index contributed by atoms with van der Waals surface area (Å²) in [6.45, 7) is 0. The Bertz CT molecular complexity index is 570. The summed E-state index contributed by atoms with van der Waals surface area (Å²) >= 11 is 0. The monoisotopic (exact) mass is 170 g/mol. The molecule has 0 saturated heterocycles. The third kappa shape index (κ3) is 0.823. The van der Waals surface area contributed by atoms with Crippen LogP contribution in [-0.2, 0) is 0 Å². The highest BCUT2D eigenvalue weighted by molar-refractivity contribution is 6.02. The number of nitrogens with one attached hydrogen (secondary N) is 1. The fourth-order valence-electron chi connectivity index (χ4n) is 1.47. The van der Waals surface area contributed by atoms with Gasteiger partial charge in [0, 0.05) is 23.2 Å². The van der Waals surface area contributed by atoms with Crippen LogP contribution in [0.4, 0.5) is 0 Å². The van der Waals surface area contributed by atoms with Crippen molar-refractivity contribution in [1.82, 2.24) is 20.2 Å². The highest BCUT2D eigenvalue weighted by atomic mass is 15.1. The van der Waals surface area contributed by atoms with Gasteiger partial charge < -0.3 is 0 Å². The zero-order valence-electron chi connectivity index (χ0n) is 6.73. The van der Waals surface area contributed by atoms with Crippen molar-refractivity contribution < 1.29 is 0 Å². The molecule has 0 aromatic carbocycles. The first-order valence-corrected chi connectivity index (χ1v) is 3.98. The minimum Gasteiger partial charge on any atom is -0.276 e. The van der Waals surface area contributed by atoms with Gasteiger partial charge in [0.1, 0.15) is 0 Å². The van der Waals surface area contributed by atoms with E-state index in [0.29, 0.717) is 0 Å². The van der Waals surface area contributed by atoms with Crippen molar-refractivity contribution in [2.45, 2.75) is 0 Å². The van der Waals surface area contributed by atoms with E-state index in [9.17, 15) is 0 Å². The quantitative estimate of drug-likeness (QED) is 0.556. The molecule has 4 nitrogen and oxygen atoms in total. The third-order valence-corrected chi connectivity index (χ3v) is 2.08. The van der Waals surface area contributed by atoms with Crippen LogP contribution >= 0.6 is 0 Å². The maximum absolute atomic E-state index is 4.19. The summed E-state index contributed by atoms with van der Waals surface area (Å²) in [7, 11) is 0. The van der Waals surface area contributed by atoms with Crippen molar-refractivity contribution in [3.8, 4) is 0 Å². The van der Waals surface area contributed by atoms with Gasteiger partial charge in [-0.15, -0.1) is 0 Å². The average Bonchev–Trinajstić information content (AvgIpc) is 2.65. The van der Waals surface area contributed by atoms with E-state index < -0.39 is 0 Å². The van der Waals surface area contributed by atoms with E-state index >= 15 is 0 Å². The number of H-pyrrole nitrogens is 1. The van der Waals surface area contributed by atoms with Crippen LogP contribution in [-0.4, -0.2) is 20.2 Å². The molecular weight excluding hydrogens is 164 g/mol. The first-order chi connectivity index (χ1) is 6.45. The van der Waals surface area contributed by atoms with Gasteiger partial charge in [-0.1, -0.05) is 0 Å². The van der Waals surface area contributed by atoms with Crippen LogP contribution < -0.4 is 0 Å². The van der Waals surface area contributed by atoms with Crippen LogP contribution in [0.5, 0.6) is 0 Å². The van der Waals surface area contributed by atoms with Crippen LogP contribution in [0, 0.1) is 0 Å². The first-order valence-electron chi connectivity index (χ1n) is 3.98. The second kappa shape index (κ2) is 2.26. The largest absolute Gasteiger partial charge is 0.276 e. The molecule has 4 heteroatoms. The van der Waals surface area contributed by atoms with Crippen molar-refractivity contribution in [2.24, 2.45) is 0 Å². The Morgan fingerprint density at radius 3 is 2.92 bits per heavy atom. The van der Waals surface area contributed by atoms with Crippen LogP contribution in [0.25, 0.3) is 21.9 Å². The van der Waals surface area contributed by atoms with Gasteiger partial charge in [0.05, 0.1) is 11.7 Å². The predicted octanol–water partition coefficient (Wildman–Crippen LogP) is 1.51. The molecule has 0 saturated carbocycles. The van der Waals surface area contributed by atoms with Crippen LogP contribution in [0.3, 0.4) is 0 Å². The molecule has 0 bridgehead atoms. The molecule has 1 N–H and O–H groups in total. The van der Waals surface area contributed by atoms with E-state index in [4.69, 9.17) is 0 Å². The maximum Gasteiger partial charge on any atom is 0.159 e. The Labute approximate surface area is 73.6 Å². The van der Waals surface area contributed by atoms with Crippen LogP contribution in [0.1, 0.15) is 0 Å². The minimum atomic E-state index is 0.784. The standard InChI is InChI=1S/C9H6N4/c1-3-10-9-7(1)6-2-4-12-13-8(6)5-11-9/h1-5,13H. The number of aromatic amines is 1. The van der Waals surface area contributed by atoms with Crippen molar-refractivity contribution in [3.05, 3.63) is 30.7 Å². The lowest BCUT2D eigenvalue weighted by Gasteiger charge is -1.96. The van der Waals surface area contributed by atoms with Gasteiger partial charge in [-0.2, -0.15) is 5.10 Å². The topological polar surface area (TPSA) is 54.5 Å². The zero-order valence-corrected chi connectivity index (χ0v) is 6.73. The molecule has 0 fully saturated rings. The molecule has 0 aliphatic carbocycles. The summed E-state index contributed by atoms with van der Waals surface area (Å²) in [5.74, 6) is 0. The highest BCUT2D eigenvalue weighted by Gasteiger charge is 2.01. The van der Waals surface area contributed by atoms with Gasteiger partial charge in [-0.05, 0) is 12.1 Å². The molecular formula is C9H6N4. The van der Waals surface area contributed by atoms with Crippen LogP contribution in [0.2, 0.25) is 0 Å². The minimum absolute atomic E-state index is 0.784. The van der Waals surface area contributed by atoms with Gasteiger partial charge in [0.2, 0.25) is 0 Å². The smallest absolute Gasteiger partial charge is 0.159 e. The summed E-state index contributed by atoms with van der Waals surface area (Å²) in [4.78, 5) is 8.31. The number of rotatable bonds is 0. The van der Waals surface area contributed by atoms with Crippen molar-refractivity contribution in [1.29, 1.82) is 0 Å². The third-order valence-electron chi connectivity index (χ3n) is 2.08. The Morgan fingerprint density at radius 1 is 1.00 bits per heavy atom. The van der Waals surface area contributed by atoms with Crippen molar-refractivity contribution >= 4 is 21.9 Å². The summed E-state index contributed by atoms with van der Waals surface area (Å²) in [6, 6.07) is 3.91. The molecule has 3 aromatic rings. The molecule has 3 aromatic heterocycles. The number of nitrogens with zero attached hydrogens (tertiary/aromatic N) is 3. The number of hydrogen-bond acceptors (Lipinski definition) is 3. The Kier molecular flexibility index (Phi) is 1.14. The predicted molar refractivity (Wildman–Crippen MR) is 49.2 cm³/mol. The molecule has 0 aliphatic rings. The summed E-state index contributed by atoms with van der Waals surface area (Å²) in [5, 5.41) is 8.99. The molecule has 0 amide bonds. The first kappa shape index (κ1) is 6.54. The lowest BCUT2D eigenvalue weighted by atomic mass is 10.2. The fraction of sp³-hybridized carbons (Fsp3) is 0. The SMILES string of the molecule is c1cc2c(cnc3nccc32)[nH]n1. The van der Waals surface area contributed by atoms with E-state index in [2.05, 4.69) is 20.2 Å². The molecule has 0 spiro atoms. The van der Waals surface area contributed by atoms with Gasteiger partial charge in [0.25, 0.3) is 0 Å². The Morgan fingerprint density at radius 2 is 1.92 bits per heavy atom. The van der Waals surface area contributed by atoms with Crippen molar-refractivity contribution in [3.63, 3.8) is 0 Å². The summed E-state index contributed by atoms with van der Waals surface area (Å²) < 4.78 is 0. The highest BCUT2D eigenvalue weighted by Crippen LogP contribution is 2.19. The molecule has 3 heterocycles. The summed E-state index contributed by atoms with van der Waals surface area (Å²) in [5.41, 5.74) is 1.72. The lowest BCUT2D eigenvalue weighted by molar-refractivity contribution is 1.07. The average molecular weight is 170 g/mol. The number of aromatic nitrogens is 4. The maximum atomic E-state index is 4.19. The Balaban J connectivity index is 2.65. The van der Waals surface area contributed by atoms with E-state index in [1.54, 1.807) is 18.6 Å². The van der Waals surface area contributed by atoms with Gasteiger partial charge in [0.15, 0.2) is 5.65 Å². The van der Waals surface area contributed by atoms with Gasteiger partial charge in [-0.3, -0.25) is 5.10 Å². The lowest BCUT2D eigenvalue weighted by Crippen LogP contribution is -1.84. The van der Waals surface area contributed by atoms with E-state index in [1.165, 1.54) is 0 Å². The molecule has 62 valence electrons. The number of fused-ring (bicyclic) bond motifs is 3. The van der Waals surface area contributed by atoms with Gasteiger partial charge >= 0.3 is 0 Å². The summed E-state index contributed by atoms with van der Waals surface area (Å²) in [6.07, 6.45) is 5.24. The molecule has 0 radical (unpaired) electrons. The second-order valence-electron chi connectivity index (χ2n) is 2.82. The van der Waals surface area contributed by atoms with E-state index in [0.717, 1.165) is 21.9 Å². The van der Waals surface area contributed by atoms with Crippen LogP contribution in [0.15, 0.2) is 30.7 Å². The molecule has 0 unspecified atom stereocenters. The number of hydrogen-bond donors (Lipinski definition) is 1. The van der Waals surface area contributed by atoms with Crippen molar-refractivity contribution in [2.75, 3.05) is 0 Å². The second-order valence-corrected chi connectivity index (χ2v) is 2.82. The molecule has 3 rings (SSSR count). The van der Waals surface area contributed by atoms with Gasteiger partial charge in [-0.25, -0.2) is 9.97 Å².